The van der Waals surface area contributed by atoms with Crippen LogP contribution in [0.25, 0.3) is 0 Å². The van der Waals surface area contributed by atoms with Crippen molar-refractivity contribution < 1.29 is 37.0 Å². The van der Waals surface area contributed by atoms with Crippen LogP contribution in [0, 0.1) is 5.92 Å². The fourth-order valence-corrected chi connectivity index (χ4v) is 2.29. The van der Waals surface area contributed by atoms with Crippen LogP contribution in [-0.4, -0.2) is 60.9 Å². The molecule has 1 N–H and O–H groups in total. The highest BCUT2D eigenvalue weighted by Gasteiger charge is 2.37. The number of carbonyl (C=O) groups excluding carboxylic acids is 3. The fourth-order valence-electron chi connectivity index (χ4n) is 2.29. The Kier molecular flexibility index (Phi) is 7.50. The quantitative estimate of drug-likeness (QED) is 0.724. The summed E-state index contributed by atoms with van der Waals surface area (Å²) in [4.78, 5) is 36.5. The summed E-state index contributed by atoms with van der Waals surface area (Å²) in [6, 6.07) is -0.908. The van der Waals surface area contributed by atoms with Gasteiger partial charge >= 0.3 is 18.2 Å². The van der Waals surface area contributed by atoms with Crippen molar-refractivity contribution in [1.82, 2.24) is 10.2 Å². The van der Waals surface area contributed by atoms with Gasteiger partial charge in [0.05, 0.1) is 12.0 Å². The van der Waals surface area contributed by atoms with Crippen LogP contribution in [0.3, 0.4) is 0 Å². The van der Waals surface area contributed by atoms with Gasteiger partial charge in [0.1, 0.15) is 6.04 Å². The van der Waals surface area contributed by atoms with Crippen LogP contribution >= 0.6 is 0 Å². The Labute approximate surface area is 143 Å². The molecule has 1 rings (SSSR count). The first kappa shape index (κ1) is 21.0. The van der Waals surface area contributed by atoms with Gasteiger partial charge in [-0.25, -0.2) is 4.79 Å². The number of nitrogens with one attached hydrogen (secondary N) is 1. The van der Waals surface area contributed by atoms with E-state index < -0.39 is 42.7 Å². The van der Waals surface area contributed by atoms with Crippen LogP contribution in [-0.2, 0) is 19.1 Å². The van der Waals surface area contributed by atoms with Crippen molar-refractivity contribution in [3.63, 3.8) is 0 Å². The first-order chi connectivity index (χ1) is 11.5. The summed E-state index contributed by atoms with van der Waals surface area (Å²) in [6.45, 7) is 3.42. The van der Waals surface area contributed by atoms with E-state index in [1.54, 1.807) is 20.8 Å². The standard InChI is InChI=1S/C15H23F3N2O5/c1-9(2)25-13(22)10(3)7-19-12(21)11-5-4-6-20(11)14(23)24-8-15(16,17)18/h9-11H,4-8H2,1-3H3,(H,19,21)/t10-,11+/m0/s1. The second kappa shape index (κ2) is 8.91. The summed E-state index contributed by atoms with van der Waals surface area (Å²) in [6.07, 6.45) is -5.29. The maximum absolute atomic E-state index is 12.2. The normalized spacial score (nSPS) is 18.8. The highest BCUT2D eigenvalue weighted by atomic mass is 19.4. The zero-order chi connectivity index (χ0) is 19.2. The van der Waals surface area contributed by atoms with Crippen molar-refractivity contribution in [2.24, 2.45) is 5.92 Å². The molecule has 0 aliphatic carbocycles. The molecule has 144 valence electrons. The second-order valence-electron chi connectivity index (χ2n) is 6.15. The summed E-state index contributed by atoms with van der Waals surface area (Å²) < 4.78 is 45.5. The van der Waals surface area contributed by atoms with E-state index in [0.717, 1.165) is 4.90 Å². The van der Waals surface area contributed by atoms with Crippen molar-refractivity contribution in [1.29, 1.82) is 0 Å². The molecule has 0 unspecified atom stereocenters. The van der Waals surface area contributed by atoms with Gasteiger partial charge in [-0.3, -0.25) is 14.5 Å². The minimum Gasteiger partial charge on any atom is -0.463 e. The molecular weight excluding hydrogens is 345 g/mol. The molecule has 0 bridgehead atoms. The van der Waals surface area contributed by atoms with E-state index in [1.165, 1.54) is 0 Å². The number of esters is 1. The van der Waals surface area contributed by atoms with E-state index in [1.807, 2.05) is 0 Å². The largest absolute Gasteiger partial charge is 0.463 e. The minimum atomic E-state index is -4.63. The number of hydrogen-bond donors (Lipinski definition) is 1. The van der Waals surface area contributed by atoms with E-state index in [2.05, 4.69) is 10.1 Å². The highest BCUT2D eigenvalue weighted by Crippen LogP contribution is 2.21. The van der Waals surface area contributed by atoms with Gasteiger partial charge in [-0.1, -0.05) is 6.92 Å². The Morgan fingerprint density at radius 3 is 2.44 bits per heavy atom. The molecule has 25 heavy (non-hydrogen) atoms. The van der Waals surface area contributed by atoms with Crippen molar-refractivity contribution >= 4 is 18.0 Å². The molecule has 1 saturated heterocycles. The minimum absolute atomic E-state index is 0.00628. The lowest BCUT2D eigenvalue weighted by molar-refractivity contribution is -0.162. The molecule has 2 atom stereocenters. The lowest BCUT2D eigenvalue weighted by Crippen LogP contribution is -2.48. The lowest BCUT2D eigenvalue weighted by Gasteiger charge is -2.24. The molecule has 7 nitrogen and oxygen atoms in total. The van der Waals surface area contributed by atoms with E-state index in [0.29, 0.717) is 12.8 Å². The maximum atomic E-state index is 12.2. The van der Waals surface area contributed by atoms with Crippen molar-refractivity contribution in [2.75, 3.05) is 19.7 Å². The Morgan fingerprint density at radius 1 is 1.24 bits per heavy atom. The van der Waals surface area contributed by atoms with E-state index >= 15 is 0 Å². The van der Waals surface area contributed by atoms with Gasteiger partial charge in [0.25, 0.3) is 0 Å². The third-order valence-corrected chi connectivity index (χ3v) is 3.49. The molecule has 1 heterocycles. The zero-order valence-corrected chi connectivity index (χ0v) is 14.4. The third-order valence-electron chi connectivity index (χ3n) is 3.49. The molecule has 1 aliphatic heterocycles. The number of halogens is 3. The Hall–Kier alpha value is -2.00. The van der Waals surface area contributed by atoms with Gasteiger partial charge in [-0.2, -0.15) is 13.2 Å². The molecule has 0 aromatic rings. The molecule has 2 amide bonds. The summed E-state index contributed by atoms with van der Waals surface area (Å²) in [5.41, 5.74) is 0. The Morgan fingerprint density at radius 2 is 1.88 bits per heavy atom. The molecule has 1 fully saturated rings. The van der Waals surface area contributed by atoms with Crippen molar-refractivity contribution in [3.05, 3.63) is 0 Å². The van der Waals surface area contributed by atoms with Gasteiger partial charge in [0.15, 0.2) is 6.61 Å². The van der Waals surface area contributed by atoms with E-state index in [9.17, 15) is 27.6 Å². The maximum Gasteiger partial charge on any atom is 0.422 e. The topological polar surface area (TPSA) is 84.9 Å². The molecular formula is C15H23F3N2O5. The van der Waals surface area contributed by atoms with Crippen LogP contribution in [0.1, 0.15) is 33.6 Å². The fraction of sp³-hybridized carbons (Fsp3) is 0.800. The zero-order valence-electron chi connectivity index (χ0n) is 14.4. The summed E-state index contributed by atoms with van der Waals surface area (Å²) in [5.74, 6) is -1.59. The number of carbonyl (C=O) groups is 3. The van der Waals surface area contributed by atoms with E-state index in [4.69, 9.17) is 4.74 Å². The van der Waals surface area contributed by atoms with Crippen LogP contribution < -0.4 is 5.32 Å². The molecule has 0 spiro atoms. The third kappa shape index (κ3) is 7.18. The molecule has 1 aliphatic rings. The lowest BCUT2D eigenvalue weighted by atomic mass is 10.1. The highest BCUT2D eigenvalue weighted by molar-refractivity contribution is 5.86. The molecule has 0 aromatic carbocycles. The smallest absolute Gasteiger partial charge is 0.422 e. The van der Waals surface area contributed by atoms with Crippen molar-refractivity contribution in [2.45, 2.75) is 51.9 Å². The van der Waals surface area contributed by atoms with Crippen LogP contribution in [0.2, 0.25) is 0 Å². The number of alkyl halides is 3. The van der Waals surface area contributed by atoms with Crippen molar-refractivity contribution in [3.8, 4) is 0 Å². The SMILES string of the molecule is CC(C)OC(=O)[C@@H](C)CNC(=O)[C@H]1CCCN1C(=O)OCC(F)(F)F. The van der Waals surface area contributed by atoms with Gasteiger partial charge in [0, 0.05) is 13.1 Å². The number of amides is 2. The molecule has 10 heteroatoms. The Bertz CT molecular complexity index is 496. The van der Waals surface area contributed by atoms with Gasteiger partial charge in [-0.05, 0) is 26.7 Å². The summed E-state index contributed by atoms with van der Waals surface area (Å²) in [5, 5.41) is 2.52. The second-order valence-corrected chi connectivity index (χ2v) is 6.15. The number of ether oxygens (including phenoxy) is 2. The van der Waals surface area contributed by atoms with Gasteiger partial charge < -0.3 is 14.8 Å². The van der Waals surface area contributed by atoms with Gasteiger partial charge in [0.2, 0.25) is 5.91 Å². The summed E-state index contributed by atoms with van der Waals surface area (Å²) in [7, 11) is 0. The molecule has 0 aromatic heterocycles. The number of nitrogens with zero attached hydrogens (tertiary/aromatic N) is 1. The number of rotatable bonds is 6. The predicted octanol–water partition coefficient (Wildman–Crippen LogP) is 1.85. The monoisotopic (exact) mass is 368 g/mol. The predicted molar refractivity (Wildman–Crippen MR) is 80.5 cm³/mol. The van der Waals surface area contributed by atoms with Crippen LogP contribution in [0.5, 0.6) is 0 Å². The summed E-state index contributed by atoms with van der Waals surface area (Å²) >= 11 is 0. The Balaban J connectivity index is 2.50. The average molecular weight is 368 g/mol. The van der Waals surface area contributed by atoms with Gasteiger partial charge in [-0.15, -0.1) is 0 Å². The first-order valence-corrected chi connectivity index (χ1v) is 7.99. The number of likely N-dealkylation sites (tertiary alicyclic amines) is 1. The van der Waals surface area contributed by atoms with E-state index in [-0.39, 0.29) is 19.2 Å². The molecule has 0 saturated carbocycles. The first-order valence-electron chi connectivity index (χ1n) is 7.99. The van der Waals surface area contributed by atoms with Crippen LogP contribution in [0.15, 0.2) is 0 Å². The number of hydrogen-bond acceptors (Lipinski definition) is 5. The average Bonchev–Trinajstić information content (AvgIpc) is 2.98. The van der Waals surface area contributed by atoms with Crippen LogP contribution in [0.4, 0.5) is 18.0 Å². The molecule has 0 radical (unpaired) electrons.